The molecule has 3 atom stereocenters. The molecule has 3 aliphatic rings. The Labute approximate surface area is 209 Å². The molecule has 1 saturated heterocycles. The van der Waals surface area contributed by atoms with Gasteiger partial charge >= 0.3 is 5.97 Å². The van der Waals surface area contributed by atoms with Crippen molar-refractivity contribution in [3.63, 3.8) is 0 Å². The van der Waals surface area contributed by atoms with Gasteiger partial charge in [-0.1, -0.05) is 6.07 Å². The Kier molecular flexibility index (Phi) is 6.49. The first kappa shape index (κ1) is 24.3. The number of Topliss-reactive ketones (excluding diaryl/α,β-unsaturated/α-hetero) is 1. The van der Waals surface area contributed by atoms with Crippen LogP contribution < -0.4 is 10.1 Å². The van der Waals surface area contributed by atoms with Gasteiger partial charge in [0.1, 0.15) is 29.3 Å². The number of rotatable bonds is 7. The van der Waals surface area contributed by atoms with E-state index in [0.717, 1.165) is 36.6 Å². The van der Waals surface area contributed by atoms with Gasteiger partial charge in [-0.3, -0.25) is 14.4 Å². The van der Waals surface area contributed by atoms with Crippen LogP contribution in [0.3, 0.4) is 0 Å². The van der Waals surface area contributed by atoms with Crippen LogP contribution in [0.5, 0.6) is 5.75 Å². The number of H-pyrrole nitrogens is 1. The van der Waals surface area contributed by atoms with Crippen LogP contribution >= 0.6 is 0 Å². The first-order valence-electron chi connectivity index (χ1n) is 12.7. The highest BCUT2D eigenvalue weighted by atomic mass is 16.5. The third-order valence-electron chi connectivity index (χ3n) is 8.23. The second-order valence-corrected chi connectivity index (χ2v) is 10.4. The zero-order valence-corrected chi connectivity index (χ0v) is 20.8. The van der Waals surface area contributed by atoms with Crippen LogP contribution in [0.4, 0.5) is 0 Å². The number of amides is 2. The van der Waals surface area contributed by atoms with Crippen LogP contribution in [0.2, 0.25) is 0 Å². The standard InChI is InChI=1S/C27H33N3O6/c1-35-23-8-4-6-18-17(23)14-19(28-18)25(33)30-12-11-27(9-10-27)15-21(30)24(32)29-20(26(34)36-2)13-16-5-3-7-22(16)31/h4,6,8,14,16,20-21,28H,3,5,7,9-13,15H2,1-2H3,(H,29,32)/t16-,20-,21-/m0/s1. The predicted octanol–water partition coefficient (Wildman–Crippen LogP) is 2.98. The lowest BCUT2D eigenvalue weighted by molar-refractivity contribution is -0.146. The van der Waals surface area contributed by atoms with Crippen molar-refractivity contribution in [2.45, 2.75) is 63.5 Å². The van der Waals surface area contributed by atoms with Crippen LogP contribution in [-0.2, 0) is 19.1 Å². The molecule has 0 bridgehead atoms. The Bertz CT molecular complexity index is 1200. The molecule has 0 unspecified atom stereocenters. The Hall–Kier alpha value is -3.36. The normalized spacial score (nSPS) is 23.5. The number of methoxy groups -OCH3 is 2. The summed E-state index contributed by atoms with van der Waals surface area (Å²) in [5.74, 6) is -0.669. The van der Waals surface area contributed by atoms with Crippen molar-refractivity contribution in [2.75, 3.05) is 20.8 Å². The molecule has 36 heavy (non-hydrogen) atoms. The predicted molar refractivity (Wildman–Crippen MR) is 131 cm³/mol. The Morgan fingerprint density at radius 1 is 1.22 bits per heavy atom. The second kappa shape index (κ2) is 9.59. The lowest BCUT2D eigenvalue weighted by Crippen LogP contribution is -2.57. The zero-order chi connectivity index (χ0) is 25.4. The molecule has 2 N–H and O–H groups in total. The lowest BCUT2D eigenvalue weighted by Gasteiger charge is -2.39. The Balaban J connectivity index is 1.38. The van der Waals surface area contributed by atoms with Crippen molar-refractivity contribution < 1.29 is 28.7 Å². The third-order valence-corrected chi connectivity index (χ3v) is 8.23. The molecular formula is C27H33N3O6. The number of likely N-dealkylation sites (tertiary alicyclic amines) is 1. The number of fused-ring (bicyclic) bond motifs is 1. The minimum Gasteiger partial charge on any atom is -0.496 e. The maximum atomic E-state index is 13.7. The van der Waals surface area contributed by atoms with E-state index in [1.54, 1.807) is 18.1 Å². The highest BCUT2D eigenvalue weighted by Crippen LogP contribution is 2.55. The Morgan fingerprint density at radius 3 is 2.69 bits per heavy atom. The summed E-state index contributed by atoms with van der Waals surface area (Å²) in [6.45, 7) is 0.466. The molecule has 2 saturated carbocycles. The van der Waals surface area contributed by atoms with Crippen molar-refractivity contribution in [2.24, 2.45) is 11.3 Å². The first-order valence-corrected chi connectivity index (χ1v) is 12.7. The largest absolute Gasteiger partial charge is 0.496 e. The number of aromatic amines is 1. The van der Waals surface area contributed by atoms with Gasteiger partial charge in [-0.25, -0.2) is 4.79 Å². The molecule has 9 heteroatoms. The fourth-order valence-electron chi connectivity index (χ4n) is 5.87. The molecule has 0 radical (unpaired) electrons. The number of hydrogen-bond acceptors (Lipinski definition) is 6. The summed E-state index contributed by atoms with van der Waals surface area (Å²) in [4.78, 5) is 56.7. The molecule has 1 aromatic carbocycles. The molecule has 5 rings (SSSR count). The van der Waals surface area contributed by atoms with E-state index in [-0.39, 0.29) is 35.4 Å². The van der Waals surface area contributed by atoms with Gasteiger partial charge < -0.3 is 24.7 Å². The molecule has 1 spiro atoms. The van der Waals surface area contributed by atoms with Crippen molar-refractivity contribution in [1.82, 2.24) is 15.2 Å². The summed E-state index contributed by atoms with van der Waals surface area (Å²) < 4.78 is 10.4. The SMILES string of the molecule is COC(=O)[C@H](C[C@@H]1CCCC1=O)NC(=O)[C@@H]1CC2(CCN1C(=O)c1cc3c(OC)cccc3[nH]1)CC2. The zero-order valence-electron chi connectivity index (χ0n) is 20.8. The summed E-state index contributed by atoms with van der Waals surface area (Å²) in [5.41, 5.74) is 1.26. The maximum Gasteiger partial charge on any atom is 0.328 e. The summed E-state index contributed by atoms with van der Waals surface area (Å²) in [6.07, 6.45) is 5.74. The van der Waals surface area contributed by atoms with Gasteiger partial charge in [-0.05, 0) is 68.6 Å². The fraction of sp³-hybridized carbons (Fsp3) is 0.556. The Morgan fingerprint density at radius 2 is 2.03 bits per heavy atom. The molecule has 3 fully saturated rings. The number of nitrogens with zero attached hydrogens (tertiary/aromatic N) is 1. The number of ketones is 1. The summed E-state index contributed by atoms with van der Waals surface area (Å²) in [7, 11) is 2.86. The van der Waals surface area contributed by atoms with Crippen molar-refractivity contribution in [3.05, 3.63) is 30.0 Å². The van der Waals surface area contributed by atoms with Crippen molar-refractivity contribution >= 4 is 34.5 Å². The van der Waals surface area contributed by atoms with Gasteiger partial charge in [0.05, 0.1) is 14.2 Å². The third kappa shape index (κ3) is 4.58. The van der Waals surface area contributed by atoms with Gasteiger partial charge in [-0.15, -0.1) is 0 Å². The van der Waals surface area contributed by atoms with Crippen LogP contribution in [0.25, 0.3) is 10.9 Å². The fourth-order valence-corrected chi connectivity index (χ4v) is 5.87. The lowest BCUT2D eigenvalue weighted by atomic mass is 9.87. The van der Waals surface area contributed by atoms with Crippen LogP contribution in [-0.4, -0.2) is 66.3 Å². The van der Waals surface area contributed by atoms with Gasteiger partial charge in [0.2, 0.25) is 5.91 Å². The van der Waals surface area contributed by atoms with E-state index in [2.05, 4.69) is 10.3 Å². The molecule has 192 valence electrons. The summed E-state index contributed by atoms with van der Waals surface area (Å²) in [6, 6.07) is 5.70. The molecule has 2 amide bonds. The van der Waals surface area contributed by atoms with Crippen molar-refractivity contribution in [1.29, 1.82) is 0 Å². The van der Waals surface area contributed by atoms with Crippen LogP contribution in [0.15, 0.2) is 24.3 Å². The van der Waals surface area contributed by atoms with E-state index < -0.39 is 18.1 Å². The number of hydrogen-bond donors (Lipinski definition) is 2. The van der Waals surface area contributed by atoms with Gasteiger partial charge in [0.25, 0.3) is 5.91 Å². The highest BCUT2D eigenvalue weighted by Gasteiger charge is 2.51. The van der Waals surface area contributed by atoms with Gasteiger partial charge in [0.15, 0.2) is 0 Å². The molecule has 1 aromatic heterocycles. The number of esters is 1. The van der Waals surface area contributed by atoms with E-state index in [9.17, 15) is 19.2 Å². The number of carbonyl (C=O) groups excluding carboxylic acids is 4. The molecule has 2 heterocycles. The number of piperidine rings is 1. The van der Waals surface area contributed by atoms with E-state index in [1.165, 1.54) is 7.11 Å². The quantitative estimate of drug-likeness (QED) is 0.571. The molecule has 2 aliphatic carbocycles. The van der Waals surface area contributed by atoms with Crippen LogP contribution in [0, 0.1) is 11.3 Å². The monoisotopic (exact) mass is 495 g/mol. The second-order valence-electron chi connectivity index (χ2n) is 10.4. The minimum atomic E-state index is -0.916. The molecule has 2 aromatic rings. The highest BCUT2D eigenvalue weighted by molar-refractivity contribution is 6.02. The average molecular weight is 496 g/mol. The van der Waals surface area contributed by atoms with Gasteiger partial charge in [-0.2, -0.15) is 0 Å². The van der Waals surface area contributed by atoms with E-state index >= 15 is 0 Å². The van der Waals surface area contributed by atoms with Gasteiger partial charge in [0, 0.05) is 29.8 Å². The average Bonchev–Trinajstić information content (AvgIpc) is 3.28. The van der Waals surface area contributed by atoms with E-state index in [4.69, 9.17) is 9.47 Å². The summed E-state index contributed by atoms with van der Waals surface area (Å²) >= 11 is 0. The maximum absolute atomic E-state index is 13.7. The van der Waals surface area contributed by atoms with E-state index in [1.807, 2.05) is 18.2 Å². The van der Waals surface area contributed by atoms with Crippen molar-refractivity contribution in [3.8, 4) is 5.75 Å². The number of carbonyl (C=O) groups is 4. The smallest absolute Gasteiger partial charge is 0.328 e. The van der Waals surface area contributed by atoms with E-state index in [0.29, 0.717) is 37.3 Å². The topological polar surface area (TPSA) is 118 Å². The number of benzene rings is 1. The molecule has 9 nitrogen and oxygen atoms in total. The molecular weight excluding hydrogens is 462 g/mol. The number of nitrogens with one attached hydrogen (secondary N) is 2. The number of ether oxygens (including phenoxy) is 2. The van der Waals surface area contributed by atoms with Crippen LogP contribution in [0.1, 0.15) is 61.9 Å². The first-order chi connectivity index (χ1) is 17.3. The minimum absolute atomic E-state index is 0.0879. The number of aromatic nitrogens is 1. The molecule has 1 aliphatic heterocycles. The summed E-state index contributed by atoms with van der Waals surface area (Å²) in [5, 5.41) is 3.64.